The molecule has 0 aromatic carbocycles. The standard InChI is InChI=1S/C13H24/c1-2-6-11-8-5-9-12-7-3-4-10-13(11)12/h11-13H,2-10H2,1H3/t11-,12+,13-/m1/s1. The summed E-state index contributed by atoms with van der Waals surface area (Å²) in [4.78, 5) is 0. The van der Waals surface area contributed by atoms with Crippen LogP contribution in [0.4, 0.5) is 0 Å². The lowest BCUT2D eigenvalue weighted by atomic mass is 9.64. The lowest BCUT2D eigenvalue weighted by Crippen LogP contribution is -2.30. The van der Waals surface area contributed by atoms with Gasteiger partial charge in [-0.1, -0.05) is 58.3 Å². The highest BCUT2D eigenvalue weighted by molar-refractivity contribution is 4.84. The van der Waals surface area contributed by atoms with E-state index in [2.05, 4.69) is 6.92 Å². The van der Waals surface area contributed by atoms with Crippen LogP contribution in [0.3, 0.4) is 0 Å². The smallest absolute Gasteiger partial charge is 0.0357 e. The van der Waals surface area contributed by atoms with Gasteiger partial charge in [0.25, 0.3) is 0 Å². The van der Waals surface area contributed by atoms with Crippen molar-refractivity contribution in [2.75, 3.05) is 0 Å². The van der Waals surface area contributed by atoms with E-state index in [0.29, 0.717) is 0 Å². The molecule has 0 spiro atoms. The first-order valence-corrected chi connectivity index (χ1v) is 6.42. The van der Waals surface area contributed by atoms with Gasteiger partial charge in [0, 0.05) is 0 Å². The average molecular weight is 180 g/mol. The Bertz CT molecular complexity index is 146. The second kappa shape index (κ2) is 4.48. The topological polar surface area (TPSA) is 0 Å². The molecule has 0 bridgehead atoms. The summed E-state index contributed by atoms with van der Waals surface area (Å²) < 4.78 is 0. The van der Waals surface area contributed by atoms with Crippen LogP contribution in [-0.4, -0.2) is 0 Å². The molecule has 2 fully saturated rings. The van der Waals surface area contributed by atoms with Crippen molar-refractivity contribution in [3.63, 3.8) is 0 Å². The highest BCUT2D eigenvalue weighted by atomic mass is 14.4. The zero-order chi connectivity index (χ0) is 9.10. The SMILES string of the molecule is CCC[C@@H]1CCC[C@@H]2CCCC[C@@H]21. The fraction of sp³-hybridized carbons (Fsp3) is 1.00. The highest BCUT2D eigenvalue weighted by Crippen LogP contribution is 2.45. The van der Waals surface area contributed by atoms with Crippen LogP contribution >= 0.6 is 0 Å². The molecule has 0 heteroatoms. The zero-order valence-electron chi connectivity index (χ0n) is 9.10. The molecule has 76 valence electrons. The minimum atomic E-state index is 1.11. The van der Waals surface area contributed by atoms with Gasteiger partial charge >= 0.3 is 0 Å². The van der Waals surface area contributed by atoms with Gasteiger partial charge in [-0.2, -0.15) is 0 Å². The predicted molar refractivity (Wildman–Crippen MR) is 57.7 cm³/mol. The van der Waals surface area contributed by atoms with Crippen molar-refractivity contribution in [3.05, 3.63) is 0 Å². The van der Waals surface area contributed by atoms with Gasteiger partial charge in [-0.3, -0.25) is 0 Å². The normalized spacial score (nSPS) is 39.9. The van der Waals surface area contributed by atoms with Crippen LogP contribution in [0.1, 0.15) is 64.7 Å². The molecule has 0 aromatic rings. The summed E-state index contributed by atoms with van der Waals surface area (Å²) in [5, 5.41) is 0. The Morgan fingerprint density at radius 1 is 0.923 bits per heavy atom. The third-order valence-electron chi connectivity index (χ3n) is 4.38. The maximum atomic E-state index is 2.35. The first kappa shape index (κ1) is 9.55. The molecule has 0 radical (unpaired) electrons. The minimum absolute atomic E-state index is 1.11. The summed E-state index contributed by atoms with van der Waals surface area (Å²) in [6.45, 7) is 2.35. The molecular formula is C13H24. The summed E-state index contributed by atoms with van der Waals surface area (Å²) in [6, 6.07) is 0. The second-order valence-electron chi connectivity index (χ2n) is 5.19. The van der Waals surface area contributed by atoms with Crippen LogP contribution in [0.15, 0.2) is 0 Å². The molecule has 0 aliphatic heterocycles. The highest BCUT2D eigenvalue weighted by Gasteiger charge is 2.33. The summed E-state index contributed by atoms with van der Waals surface area (Å²) >= 11 is 0. The molecule has 0 unspecified atom stereocenters. The molecule has 0 amide bonds. The van der Waals surface area contributed by atoms with Gasteiger partial charge in [0.05, 0.1) is 0 Å². The lowest BCUT2D eigenvalue weighted by molar-refractivity contribution is 0.0975. The molecule has 0 nitrogen and oxygen atoms in total. The Morgan fingerprint density at radius 3 is 2.54 bits per heavy atom. The van der Waals surface area contributed by atoms with Crippen LogP contribution in [0.5, 0.6) is 0 Å². The monoisotopic (exact) mass is 180 g/mol. The van der Waals surface area contributed by atoms with E-state index < -0.39 is 0 Å². The van der Waals surface area contributed by atoms with Gasteiger partial charge in [0.15, 0.2) is 0 Å². The average Bonchev–Trinajstić information content (AvgIpc) is 2.19. The van der Waals surface area contributed by atoms with E-state index in [1.807, 2.05) is 0 Å². The Balaban J connectivity index is 1.94. The molecular weight excluding hydrogens is 156 g/mol. The van der Waals surface area contributed by atoms with E-state index in [1.165, 1.54) is 32.1 Å². The van der Waals surface area contributed by atoms with Crippen molar-refractivity contribution in [1.82, 2.24) is 0 Å². The molecule has 2 aliphatic carbocycles. The molecule has 0 heterocycles. The van der Waals surface area contributed by atoms with E-state index in [9.17, 15) is 0 Å². The fourth-order valence-electron chi connectivity index (χ4n) is 3.80. The molecule has 2 rings (SSSR count). The van der Waals surface area contributed by atoms with Gasteiger partial charge in [0.1, 0.15) is 0 Å². The van der Waals surface area contributed by atoms with Crippen molar-refractivity contribution in [1.29, 1.82) is 0 Å². The largest absolute Gasteiger partial charge is 0.0654 e. The molecule has 0 aromatic heterocycles. The Labute approximate surface area is 83.1 Å². The van der Waals surface area contributed by atoms with E-state index in [4.69, 9.17) is 0 Å². The van der Waals surface area contributed by atoms with Crippen molar-refractivity contribution >= 4 is 0 Å². The maximum absolute atomic E-state index is 2.35. The molecule has 2 aliphatic rings. The first-order chi connectivity index (χ1) is 6.42. The van der Waals surface area contributed by atoms with Crippen LogP contribution < -0.4 is 0 Å². The number of fused-ring (bicyclic) bond motifs is 1. The number of hydrogen-bond donors (Lipinski definition) is 0. The summed E-state index contributed by atoms with van der Waals surface area (Å²) in [6.07, 6.45) is 13.8. The summed E-state index contributed by atoms with van der Waals surface area (Å²) in [7, 11) is 0. The van der Waals surface area contributed by atoms with Gasteiger partial charge in [0.2, 0.25) is 0 Å². The van der Waals surface area contributed by atoms with Gasteiger partial charge in [-0.15, -0.1) is 0 Å². The van der Waals surface area contributed by atoms with Crippen molar-refractivity contribution in [3.8, 4) is 0 Å². The van der Waals surface area contributed by atoms with E-state index in [-0.39, 0.29) is 0 Å². The third-order valence-corrected chi connectivity index (χ3v) is 4.38. The van der Waals surface area contributed by atoms with Gasteiger partial charge < -0.3 is 0 Å². The number of rotatable bonds is 2. The Hall–Kier alpha value is 0. The van der Waals surface area contributed by atoms with E-state index in [1.54, 1.807) is 25.7 Å². The van der Waals surface area contributed by atoms with Gasteiger partial charge in [-0.05, 0) is 24.2 Å². The maximum Gasteiger partial charge on any atom is -0.0357 e. The fourth-order valence-corrected chi connectivity index (χ4v) is 3.80. The quantitative estimate of drug-likeness (QED) is 0.591. The van der Waals surface area contributed by atoms with Crippen LogP contribution in [0.2, 0.25) is 0 Å². The van der Waals surface area contributed by atoms with E-state index >= 15 is 0 Å². The number of hydrogen-bond acceptors (Lipinski definition) is 0. The Kier molecular flexibility index (Phi) is 3.29. The molecule has 0 saturated heterocycles. The zero-order valence-corrected chi connectivity index (χ0v) is 9.10. The molecule has 13 heavy (non-hydrogen) atoms. The van der Waals surface area contributed by atoms with Crippen LogP contribution in [-0.2, 0) is 0 Å². The summed E-state index contributed by atoms with van der Waals surface area (Å²) in [5.41, 5.74) is 0. The van der Waals surface area contributed by atoms with Crippen LogP contribution in [0, 0.1) is 17.8 Å². The minimum Gasteiger partial charge on any atom is -0.0654 e. The molecule has 3 atom stereocenters. The molecule has 0 N–H and O–H groups in total. The summed E-state index contributed by atoms with van der Waals surface area (Å²) in [5.74, 6) is 3.39. The predicted octanol–water partition coefficient (Wildman–Crippen LogP) is 4.39. The molecule has 2 saturated carbocycles. The van der Waals surface area contributed by atoms with Crippen molar-refractivity contribution < 1.29 is 0 Å². The van der Waals surface area contributed by atoms with Crippen LogP contribution in [0.25, 0.3) is 0 Å². The van der Waals surface area contributed by atoms with Crippen molar-refractivity contribution in [2.24, 2.45) is 17.8 Å². The Morgan fingerprint density at radius 2 is 1.69 bits per heavy atom. The van der Waals surface area contributed by atoms with Crippen molar-refractivity contribution in [2.45, 2.75) is 64.7 Å². The first-order valence-electron chi connectivity index (χ1n) is 6.42. The van der Waals surface area contributed by atoms with Gasteiger partial charge in [-0.25, -0.2) is 0 Å². The lowest BCUT2D eigenvalue weighted by Gasteiger charge is -2.41. The third kappa shape index (κ3) is 2.08. The second-order valence-corrected chi connectivity index (χ2v) is 5.19. The van der Waals surface area contributed by atoms with E-state index in [0.717, 1.165) is 17.8 Å².